The van der Waals surface area contributed by atoms with E-state index in [9.17, 15) is 0 Å². The van der Waals surface area contributed by atoms with Crippen molar-refractivity contribution in [3.8, 4) is 0 Å². The summed E-state index contributed by atoms with van der Waals surface area (Å²) in [4.78, 5) is 0. The van der Waals surface area contributed by atoms with E-state index in [1.807, 2.05) is 12.1 Å². The van der Waals surface area contributed by atoms with Gasteiger partial charge in [0.25, 0.3) is 0 Å². The highest BCUT2D eigenvalue weighted by atomic mass is 32.1. The molecule has 2 N–H and O–H groups in total. The molecule has 94 valence electrons. The summed E-state index contributed by atoms with van der Waals surface area (Å²) in [5.74, 6) is 0. The Labute approximate surface area is 114 Å². The number of rotatable bonds is 2. The summed E-state index contributed by atoms with van der Waals surface area (Å²) in [7, 11) is 0. The van der Waals surface area contributed by atoms with Crippen molar-refractivity contribution in [2.24, 2.45) is 0 Å². The Morgan fingerprint density at radius 2 is 1.89 bits per heavy atom. The third-order valence-corrected chi connectivity index (χ3v) is 3.04. The van der Waals surface area contributed by atoms with Crippen molar-refractivity contribution in [3.05, 3.63) is 53.2 Å². The molecule has 0 bridgehead atoms. The molecule has 0 saturated carbocycles. The summed E-state index contributed by atoms with van der Waals surface area (Å²) >= 11 is 5.19. The summed E-state index contributed by atoms with van der Waals surface area (Å²) in [6.07, 6.45) is 6.31. The monoisotopic (exact) mass is 258 g/mol. The molecule has 2 rings (SSSR count). The topological polar surface area (TPSA) is 24.1 Å². The number of benzene rings is 1. The average molecular weight is 258 g/mol. The normalized spacial score (nSPS) is 18.2. The van der Waals surface area contributed by atoms with Crippen LogP contribution in [0.2, 0.25) is 0 Å². The van der Waals surface area contributed by atoms with Gasteiger partial charge < -0.3 is 10.6 Å². The summed E-state index contributed by atoms with van der Waals surface area (Å²) in [6.45, 7) is 6.31. The number of aryl methyl sites for hydroxylation is 1. The van der Waals surface area contributed by atoms with E-state index in [0.29, 0.717) is 5.11 Å². The lowest BCUT2D eigenvalue weighted by Gasteiger charge is -2.30. The van der Waals surface area contributed by atoms with Gasteiger partial charge in [-0.1, -0.05) is 30.3 Å². The van der Waals surface area contributed by atoms with Gasteiger partial charge in [0, 0.05) is 5.70 Å². The molecule has 0 aromatic heterocycles. The van der Waals surface area contributed by atoms with Crippen LogP contribution in [0.15, 0.2) is 42.1 Å². The van der Waals surface area contributed by atoms with Crippen LogP contribution in [0.25, 0.3) is 6.08 Å². The fourth-order valence-electron chi connectivity index (χ4n) is 1.96. The van der Waals surface area contributed by atoms with E-state index in [1.54, 1.807) is 0 Å². The van der Waals surface area contributed by atoms with Gasteiger partial charge in [-0.3, -0.25) is 0 Å². The van der Waals surface area contributed by atoms with Crippen molar-refractivity contribution in [1.29, 1.82) is 0 Å². The predicted octanol–water partition coefficient (Wildman–Crippen LogP) is 3.15. The second-order valence-electron chi connectivity index (χ2n) is 5.09. The van der Waals surface area contributed by atoms with Crippen molar-refractivity contribution >= 4 is 23.4 Å². The molecule has 0 fully saturated rings. The van der Waals surface area contributed by atoms with Gasteiger partial charge >= 0.3 is 0 Å². The fraction of sp³-hybridized carbons (Fsp3) is 0.267. The molecule has 0 saturated heterocycles. The summed E-state index contributed by atoms with van der Waals surface area (Å²) in [5, 5.41) is 7.03. The molecule has 2 nitrogen and oxygen atoms in total. The van der Waals surface area contributed by atoms with Gasteiger partial charge in [0.15, 0.2) is 5.11 Å². The van der Waals surface area contributed by atoms with E-state index < -0.39 is 0 Å². The van der Waals surface area contributed by atoms with Crippen molar-refractivity contribution in [2.75, 3.05) is 0 Å². The van der Waals surface area contributed by atoms with Crippen LogP contribution in [0.4, 0.5) is 0 Å². The highest BCUT2D eigenvalue weighted by molar-refractivity contribution is 7.80. The number of nitrogens with one attached hydrogen (secondary N) is 2. The Morgan fingerprint density at radius 3 is 2.56 bits per heavy atom. The van der Waals surface area contributed by atoms with Gasteiger partial charge in [0.05, 0.1) is 5.54 Å². The van der Waals surface area contributed by atoms with E-state index in [1.165, 1.54) is 11.1 Å². The molecule has 1 aliphatic heterocycles. The van der Waals surface area contributed by atoms with E-state index >= 15 is 0 Å². The third kappa shape index (κ3) is 3.20. The first kappa shape index (κ1) is 12.8. The van der Waals surface area contributed by atoms with Crippen LogP contribution in [0.5, 0.6) is 0 Å². The third-order valence-electron chi connectivity index (χ3n) is 2.84. The lowest BCUT2D eigenvalue weighted by molar-refractivity contribution is 0.555. The molecule has 0 amide bonds. The lowest BCUT2D eigenvalue weighted by Crippen LogP contribution is -2.51. The Kier molecular flexibility index (Phi) is 3.53. The second kappa shape index (κ2) is 4.94. The zero-order valence-electron chi connectivity index (χ0n) is 10.9. The minimum atomic E-state index is -0.103. The maximum Gasteiger partial charge on any atom is 0.171 e. The van der Waals surface area contributed by atoms with Crippen LogP contribution in [0, 0.1) is 6.92 Å². The first-order chi connectivity index (χ1) is 8.46. The minimum Gasteiger partial charge on any atom is -0.354 e. The standard InChI is InChI=1S/C15H18N2S/c1-11-6-4-5-7-12(11)8-9-13-10-15(2,3)17-14(18)16-13/h4-10H,1-3H3,(H2,16,17,18)/b9-8+. The number of hydrogen-bond donors (Lipinski definition) is 2. The molecule has 1 aromatic rings. The van der Waals surface area contributed by atoms with Crippen LogP contribution < -0.4 is 10.6 Å². The Bertz CT molecular complexity index is 527. The molecule has 3 heteroatoms. The van der Waals surface area contributed by atoms with Crippen LogP contribution >= 0.6 is 12.2 Å². The largest absolute Gasteiger partial charge is 0.354 e. The number of hydrogen-bond acceptors (Lipinski definition) is 1. The quantitative estimate of drug-likeness (QED) is 0.797. The van der Waals surface area contributed by atoms with Gasteiger partial charge in [-0.05, 0) is 56.3 Å². The van der Waals surface area contributed by atoms with Crippen molar-refractivity contribution in [3.63, 3.8) is 0 Å². The molecule has 0 spiro atoms. The van der Waals surface area contributed by atoms with E-state index in [-0.39, 0.29) is 5.54 Å². The molecule has 1 aromatic carbocycles. The average Bonchev–Trinajstić information content (AvgIpc) is 2.25. The molecule has 0 aliphatic carbocycles. The van der Waals surface area contributed by atoms with Gasteiger partial charge in [0.1, 0.15) is 0 Å². The summed E-state index contributed by atoms with van der Waals surface area (Å²) < 4.78 is 0. The molecule has 0 radical (unpaired) electrons. The summed E-state index contributed by atoms with van der Waals surface area (Å²) in [6, 6.07) is 8.31. The lowest BCUT2D eigenvalue weighted by atomic mass is 10.0. The van der Waals surface area contributed by atoms with E-state index in [2.05, 4.69) is 61.8 Å². The van der Waals surface area contributed by atoms with Gasteiger partial charge in [0.2, 0.25) is 0 Å². The van der Waals surface area contributed by atoms with Gasteiger partial charge in [-0.15, -0.1) is 0 Å². The highest BCUT2D eigenvalue weighted by Gasteiger charge is 2.20. The second-order valence-corrected chi connectivity index (χ2v) is 5.50. The molecule has 0 unspecified atom stereocenters. The van der Waals surface area contributed by atoms with Crippen LogP contribution in [-0.4, -0.2) is 10.7 Å². The Morgan fingerprint density at radius 1 is 1.17 bits per heavy atom. The zero-order valence-corrected chi connectivity index (χ0v) is 11.8. The molecule has 0 atom stereocenters. The molecular weight excluding hydrogens is 240 g/mol. The Hall–Kier alpha value is -1.61. The van der Waals surface area contributed by atoms with E-state index in [0.717, 1.165) is 5.70 Å². The van der Waals surface area contributed by atoms with Crippen molar-refractivity contribution in [2.45, 2.75) is 26.3 Å². The first-order valence-electron chi connectivity index (χ1n) is 6.02. The Balaban J connectivity index is 2.22. The highest BCUT2D eigenvalue weighted by Crippen LogP contribution is 2.15. The van der Waals surface area contributed by atoms with Gasteiger partial charge in [-0.2, -0.15) is 0 Å². The smallest absolute Gasteiger partial charge is 0.171 e. The molecule has 1 heterocycles. The van der Waals surface area contributed by atoms with Crippen LogP contribution in [0.3, 0.4) is 0 Å². The molecule has 1 aliphatic rings. The predicted molar refractivity (Wildman–Crippen MR) is 81.2 cm³/mol. The van der Waals surface area contributed by atoms with Crippen molar-refractivity contribution < 1.29 is 0 Å². The number of allylic oxidation sites excluding steroid dienone is 1. The molecule has 18 heavy (non-hydrogen) atoms. The summed E-state index contributed by atoms with van der Waals surface area (Å²) in [5.41, 5.74) is 3.42. The molecular formula is C15H18N2S. The zero-order chi connectivity index (χ0) is 13.2. The minimum absolute atomic E-state index is 0.103. The van der Waals surface area contributed by atoms with Crippen LogP contribution in [-0.2, 0) is 0 Å². The fourth-order valence-corrected chi connectivity index (χ4v) is 2.34. The van der Waals surface area contributed by atoms with Crippen molar-refractivity contribution in [1.82, 2.24) is 10.6 Å². The maximum absolute atomic E-state index is 5.19. The van der Waals surface area contributed by atoms with Crippen LogP contribution in [0.1, 0.15) is 25.0 Å². The maximum atomic E-state index is 5.19. The van der Waals surface area contributed by atoms with E-state index in [4.69, 9.17) is 12.2 Å². The first-order valence-corrected chi connectivity index (χ1v) is 6.43. The van der Waals surface area contributed by atoms with Gasteiger partial charge in [-0.25, -0.2) is 0 Å². The SMILES string of the molecule is Cc1ccccc1/C=C/C1=CC(C)(C)NC(=S)N1. The number of thiocarbonyl (C=S) groups is 1.